The first kappa shape index (κ1) is 14.9. The molecule has 2 saturated heterocycles. The third-order valence-electron chi connectivity index (χ3n) is 4.71. The number of carbonyl (C=O) groups is 1. The van der Waals surface area contributed by atoms with Crippen molar-refractivity contribution in [2.24, 2.45) is 11.8 Å². The van der Waals surface area contributed by atoms with Gasteiger partial charge in [0.1, 0.15) is 5.82 Å². The van der Waals surface area contributed by atoms with Gasteiger partial charge in [-0.25, -0.2) is 4.39 Å². The standard InChI is InChI=1S/C16H21FN2OS/c1-18-7-12-8-19(15(20)10-21-2)9-14(12)16(18)11-4-3-5-13(17)6-11/h3-6,12,14,16H,7-10H2,1-2H3/t12-,14+,16-/m0/s1. The van der Waals surface area contributed by atoms with Crippen LogP contribution >= 0.6 is 11.8 Å². The van der Waals surface area contributed by atoms with Crippen molar-refractivity contribution < 1.29 is 9.18 Å². The summed E-state index contributed by atoms with van der Waals surface area (Å²) in [4.78, 5) is 16.4. The molecule has 2 aliphatic heterocycles. The first-order valence-electron chi connectivity index (χ1n) is 7.32. The van der Waals surface area contributed by atoms with Crippen molar-refractivity contribution in [3.8, 4) is 0 Å². The second-order valence-corrected chi connectivity index (χ2v) is 6.96. The molecule has 114 valence electrons. The topological polar surface area (TPSA) is 23.6 Å². The first-order valence-corrected chi connectivity index (χ1v) is 8.72. The normalized spacial score (nSPS) is 28.9. The Morgan fingerprint density at radius 3 is 2.90 bits per heavy atom. The summed E-state index contributed by atoms with van der Waals surface area (Å²) in [5.41, 5.74) is 1.03. The summed E-state index contributed by atoms with van der Waals surface area (Å²) in [6, 6.07) is 7.11. The highest BCUT2D eigenvalue weighted by atomic mass is 32.2. The zero-order valence-corrected chi connectivity index (χ0v) is 13.3. The Bertz CT molecular complexity index is 539. The molecule has 21 heavy (non-hydrogen) atoms. The van der Waals surface area contributed by atoms with Gasteiger partial charge in [0.2, 0.25) is 5.91 Å². The second-order valence-electron chi connectivity index (χ2n) is 6.10. The minimum absolute atomic E-state index is 0.183. The Labute approximate surface area is 129 Å². The summed E-state index contributed by atoms with van der Waals surface area (Å²) in [6.45, 7) is 2.63. The smallest absolute Gasteiger partial charge is 0.232 e. The van der Waals surface area contributed by atoms with Gasteiger partial charge >= 0.3 is 0 Å². The number of halogens is 1. The third-order valence-corrected chi connectivity index (χ3v) is 5.24. The quantitative estimate of drug-likeness (QED) is 0.856. The highest BCUT2D eigenvalue weighted by Gasteiger charge is 2.47. The van der Waals surface area contributed by atoms with E-state index >= 15 is 0 Å². The number of hydrogen-bond donors (Lipinski definition) is 0. The van der Waals surface area contributed by atoms with Crippen molar-refractivity contribution in [2.45, 2.75) is 6.04 Å². The van der Waals surface area contributed by atoms with E-state index in [9.17, 15) is 9.18 Å². The van der Waals surface area contributed by atoms with E-state index in [1.807, 2.05) is 17.2 Å². The van der Waals surface area contributed by atoms with Crippen molar-refractivity contribution in [1.29, 1.82) is 0 Å². The lowest BCUT2D eigenvalue weighted by atomic mass is 9.89. The van der Waals surface area contributed by atoms with E-state index in [1.54, 1.807) is 23.9 Å². The maximum absolute atomic E-state index is 13.5. The summed E-state index contributed by atoms with van der Waals surface area (Å²) in [5.74, 6) is 1.53. The van der Waals surface area contributed by atoms with E-state index in [-0.39, 0.29) is 17.8 Å². The lowest BCUT2D eigenvalue weighted by Gasteiger charge is -2.26. The fraction of sp³-hybridized carbons (Fsp3) is 0.562. The molecule has 0 aliphatic carbocycles. The number of hydrogen-bond acceptors (Lipinski definition) is 3. The maximum Gasteiger partial charge on any atom is 0.232 e. The molecule has 0 saturated carbocycles. The molecule has 5 heteroatoms. The second kappa shape index (κ2) is 5.97. The first-order chi connectivity index (χ1) is 10.1. The Hall–Kier alpha value is -1.07. The molecule has 0 spiro atoms. The van der Waals surface area contributed by atoms with Gasteiger partial charge in [-0.2, -0.15) is 11.8 Å². The number of fused-ring (bicyclic) bond motifs is 1. The van der Waals surface area contributed by atoms with E-state index in [1.165, 1.54) is 6.07 Å². The van der Waals surface area contributed by atoms with Gasteiger partial charge in [-0.15, -0.1) is 0 Å². The molecule has 2 fully saturated rings. The van der Waals surface area contributed by atoms with Crippen molar-refractivity contribution >= 4 is 17.7 Å². The van der Waals surface area contributed by atoms with Crippen LogP contribution in [0, 0.1) is 17.7 Å². The fourth-order valence-electron chi connectivity index (χ4n) is 3.87. The number of nitrogens with zero attached hydrogens (tertiary/aromatic N) is 2. The van der Waals surface area contributed by atoms with Gasteiger partial charge in [0.05, 0.1) is 5.75 Å². The average molecular weight is 308 g/mol. The summed E-state index contributed by atoms with van der Waals surface area (Å²) in [7, 11) is 2.10. The fourth-order valence-corrected chi connectivity index (χ4v) is 4.30. The van der Waals surface area contributed by atoms with Crippen LogP contribution in [0.1, 0.15) is 11.6 Å². The largest absolute Gasteiger partial charge is 0.341 e. The molecule has 0 aromatic heterocycles. The Morgan fingerprint density at radius 2 is 2.19 bits per heavy atom. The minimum atomic E-state index is -0.183. The molecule has 1 aromatic carbocycles. The molecule has 0 bridgehead atoms. The Balaban J connectivity index is 1.78. The van der Waals surface area contributed by atoms with E-state index in [2.05, 4.69) is 11.9 Å². The number of likely N-dealkylation sites (tertiary alicyclic amines) is 2. The van der Waals surface area contributed by atoms with Crippen molar-refractivity contribution in [1.82, 2.24) is 9.80 Å². The molecule has 3 atom stereocenters. The molecule has 0 N–H and O–H groups in total. The van der Waals surface area contributed by atoms with Crippen LogP contribution in [0.25, 0.3) is 0 Å². The predicted molar refractivity (Wildman–Crippen MR) is 83.7 cm³/mol. The van der Waals surface area contributed by atoms with Crippen LogP contribution < -0.4 is 0 Å². The zero-order valence-electron chi connectivity index (χ0n) is 12.5. The number of thioether (sulfide) groups is 1. The molecule has 0 unspecified atom stereocenters. The van der Waals surface area contributed by atoms with Crippen LogP contribution in [-0.2, 0) is 4.79 Å². The minimum Gasteiger partial charge on any atom is -0.341 e. The van der Waals surface area contributed by atoms with Crippen LogP contribution in [0.5, 0.6) is 0 Å². The maximum atomic E-state index is 13.5. The molecule has 1 amide bonds. The summed E-state index contributed by atoms with van der Waals surface area (Å²) in [5, 5.41) is 0. The predicted octanol–water partition coefficient (Wildman–Crippen LogP) is 2.25. The molecule has 3 rings (SSSR count). The van der Waals surface area contributed by atoms with Crippen LogP contribution in [0.2, 0.25) is 0 Å². The average Bonchev–Trinajstić information content (AvgIpc) is 2.95. The highest BCUT2D eigenvalue weighted by Crippen LogP contribution is 2.44. The SMILES string of the molecule is CSCC(=O)N1C[C@@H]2CN(C)[C@@H](c3cccc(F)c3)[C@@H]2C1. The number of amides is 1. The molecule has 3 nitrogen and oxygen atoms in total. The van der Waals surface area contributed by atoms with Crippen LogP contribution in [0.4, 0.5) is 4.39 Å². The van der Waals surface area contributed by atoms with E-state index in [0.717, 1.165) is 25.2 Å². The van der Waals surface area contributed by atoms with Gasteiger partial charge in [0.25, 0.3) is 0 Å². The summed E-state index contributed by atoms with van der Waals surface area (Å²) in [6.07, 6.45) is 1.96. The third kappa shape index (κ3) is 2.81. The summed E-state index contributed by atoms with van der Waals surface area (Å²) >= 11 is 1.57. The van der Waals surface area contributed by atoms with Gasteiger partial charge in [-0.3, -0.25) is 9.69 Å². The number of carbonyl (C=O) groups excluding carboxylic acids is 1. The zero-order chi connectivity index (χ0) is 15.0. The Morgan fingerprint density at radius 1 is 1.38 bits per heavy atom. The molecule has 2 aliphatic rings. The van der Waals surface area contributed by atoms with Gasteiger partial charge in [0.15, 0.2) is 0 Å². The molecular weight excluding hydrogens is 287 g/mol. The lowest BCUT2D eigenvalue weighted by Crippen LogP contribution is -2.34. The van der Waals surface area contributed by atoms with Crippen molar-refractivity contribution in [2.75, 3.05) is 38.7 Å². The molecule has 2 heterocycles. The van der Waals surface area contributed by atoms with Gasteiger partial charge in [0, 0.05) is 31.6 Å². The monoisotopic (exact) mass is 308 g/mol. The lowest BCUT2D eigenvalue weighted by molar-refractivity contribution is -0.127. The Kier molecular flexibility index (Phi) is 4.22. The van der Waals surface area contributed by atoms with Crippen LogP contribution in [-0.4, -0.2) is 54.4 Å². The van der Waals surface area contributed by atoms with Gasteiger partial charge < -0.3 is 4.90 Å². The van der Waals surface area contributed by atoms with Crippen LogP contribution in [0.3, 0.4) is 0 Å². The molecule has 1 aromatic rings. The van der Waals surface area contributed by atoms with Gasteiger partial charge in [-0.05, 0) is 36.9 Å². The summed E-state index contributed by atoms with van der Waals surface area (Å²) < 4.78 is 13.5. The molecular formula is C16H21FN2OS. The number of benzene rings is 1. The van der Waals surface area contributed by atoms with E-state index in [4.69, 9.17) is 0 Å². The van der Waals surface area contributed by atoms with E-state index in [0.29, 0.717) is 17.6 Å². The van der Waals surface area contributed by atoms with Gasteiger partial charge in [-0.1, -0.05) is 12.1 Å². The van der Waals surface area contributed by atoms with Crippen molar-refractivity contribution in [3.05, 3.63) is 35.6 Å². The molecule has 0 radical (unpaired) electrons. The number of rotatable bonds is 3. The van der Waals surface area contributed by atoms with Crippen molar-refractivity contribution in [3.63, 3.8) is 0 Å². The van der Waals surface area contributed by atoms with E-state index < -0.39 is 0 Å². The van der Waals surface area contributed by atoms with Crippen LogP contribution in [0.15, 0.2) is 24.3 Å². The highest BCUT2D eigenvalue weighted by molar-refractivity contribution is 7.99.